The minimum Gasteiger partial charge on any atom is -0.376 e. The molecule has 1 heterocycles. The number of hydrogen-bond acceptors (Lipinski definition) is 2. The first-order valence-corrected chi connectivity index (χ1v) is 8.45. The van der Waals surface area contributed by atoms with Gasteiger partial charge in [-0.1, -0.05) is 30.3 Å². The molecule has 4 nitrogen and oxygen atoms in total. The van der Waals surface area contributed by atoms with Gasteiger partial charge in [0.2, 0.25) is 0 Å². The van der Waals surface area contributed by atoms with Crippen LogP contribution in [0.4, 0.5) is 0 Å². The van der Waals surface area contributed by atoms with Crippen molar-refractivity contribution in [2.24, 2.45) is 10.9 Å². The SMILES string of the molecule is CN=C(NC1CCC1)N1CCC(COCc2ccccc2)C1.I. The fourth-order valence-corrected chi connectivity index (χ4v) is 3.11. The summed E-state index contributed by atoms with van der Waals surface area (Å²) in [5.41, 5.74) is 1.25. The van der Waals surface area contributed by atoms with Crippen molar-refractivity contribution in [3.05, 3.63) is 35.9 Å². The molecular formula is C18H28IN3O. The average molecular weight is 429 g/mol. The molecule has 1 unspecified atom stereocenters. The number of benzene rings is 1. The van der Waals surface area contributed by atoms with Crippen LogP contribution in [0.1, 0.15) is 31.2 Å². The second-order valence-electron chi connectivity index (χ2n) is 6.42. The molecular weight excluding hydrogens is 401 g/mol. The van der Waals surface area contributed by atoms with Crippen LogP contribution in [-0.4, -0.2) is 43.6 Å². The summed E-state index contributed by atoms with van der Waals surface area (Å²) in [6.45, 7) is 3.70. The van der Waals surface area contributed by atoms with Crippen molar-refractivity contribution in [2.75, 3.05) is 26.7 Å². The van der Waals surface area contributed by atoms with Crippen molar-refractivity contribution >= 4 is 29.9 Å². The second-order valence-corrected chi connectivity index (χ2v) is 6.42. The molecule has 1 atom stereocenters. The summed E-state index contributed by atoms with van der Waals surface area (Å²) in [4.78, 5) is 6.83. The van der Waals surface area contributed by atoms with Crippen molar-refractivity contribution in [1.29, 1.82) is 0 Å². The van der Waals surface area contributed by atoms with E-state index >= 15 is 0 Å². The number of rotatable bonds is 5. The van der Waals surface area contributed by atoms with Gasteiger partial charge in [-0.05, 0) is 31.2 Å². The van der Waals surface area contributed by atoms with Gasteiger partial charge in [0.1, 0.15) is 0 Å². The Morgan fingerprint density at radius 1 is 1.26 bits per heavy atom. The Kier molecular flexibility index (Phi) is 7.62. The van der Waals surface area contributed by atoms with E-state index in [1.54, 1.807) is 0 Å². The average Bonchev–Trinajstić information content (AvgIpc) is 2.96. The Morgan fingerprint density at radius 2 is 2.04 bits per heavy atom. The van der Waals surface area contributed by atoms with E-state index in [2.05, 4.69) is 39.5 Å². The Hall–Kier alpha value is -0.820. The first-order valence-electron chi connectivity index (χ1n) is 8.45. The minimum absolute atomic E-state index is 0. The molecule has 0 aromatic heterocycles. The van der Waals surface area contributed by atoms with E-state index in [9.17, 15) is 0 Å². The molecule has 1 aliphatic carbocycles. The monoisotopic (exact) mass is 429 g/mol. The molecule has 1 aliphatic heterocycles. The van der Waals surface area contributed by atoms with Crippen LogP contribution in [0, 0.1) is 5.92 Å². The van der Waals surface area contributed by atoms with E-state index < -0.39 is 0 Å². The van der Waals surface area contributed by atoms with Gasteiger partial charge in [0.15, 0.2) is 5.96 Å². The first kappa shape index (κ1) is 18.5. The van der Waals surface area contributed by atoms with Crippen molar-refractivity contribution in [3.8, 4) is 0 Å². The van der Waals surface area contributed by atoms with Crippen LogP contribution < -0.4 is 5.32 Å². The lowest BCUT2D eigenvalue weighted by atomic mass is 9.93. The maximum absolute atomic E-state index is 5.89. The maximum Gasteiger partial charge on any atom is 0.193 e. The highest BCUT2D eigenvalue weighted by molar-refractivity contribution is 14.0. The van der Waals surface area contributed by atoms with Crippen molar-refractivity contribution in [1.82, 2.24) is 10.2 Å². The van der Waals surface area contributed by atoms with Gasteiger partial charge in [0.05, 0.1) is 13.2 Å². The summed E-state index contributed by atoms with van der Waals surface area (Å²) in [6, 6.07) is 11.0. The Balaban J connectivity index is 0.00000192. The molecule has 0 amide bonds. The number of aliphatic imine (C=N–C) groups is 1. The fraction of sp³-hybridized carbons (Fsp3) is 0.611. The molecule has 1 N–H and O–H groups in total. The number of nitrogens with zero attached hydrogens (tertiary/aromatic N) is 2. The van der Waals surface area contributed by atoms with E-state index in [0.717, 1.165) is 25.7 Å². The van der Waals surface area contributed by atoms with Crippen LogP contribution >= 0.6 is 24.0 Å². The third kappa shape index (κ3) is 5.35. The smallest absolute Gasteiger partial charge is 0.193 e. The number of likely N-dealkylation sites (tertiary alicyclic amines) is 1. The Bertz CT molecular complexity index is 490. The Labute approximate surface area is 156 Å². The molecule has 23 heavy (non-hydrogen) atoms. The third-order valence-corrected chi connectivity index (χ3v) is 4.70. The topological polar surface area (TPSA) is 36.9 Å². The number of hydrogen-bond donors (Lipinski definition) is 1. The largest absolute Gasteiger partial charge is 0.376 e. The van der Waals surface area contributed by atoms with E-state index in [1.165, 1.54) is 31.2 Å². The van der Waals surface area contributed by atoms with Gasteiger partial charge in [-0.3, -0.25) is 4.99 Å². The van der Waals surface area contributed by atoms with Gasteiger partial charge in [-0.25, -0.2) is 0 Å². The van der Waals surface area contributed by atoms with Crippen LogP contribution in [0.5, 0.6) is 0 Å². The van der Waals surface area contributed by atoms with Crippen molar-refractivity contribution in [3.63, 3.8) is 0 Å². The first-order chi connectivity index (χ1) is 10.8. The van der Waals surface area contributed by atoms with Crippen molar-refractivity contribution < 1.29 is 4.74 Å². The lowest BCUT2D eigenvalue weighted by Gasteiger charge is -2.31. The molecule has 0 bridgehead atoms. The molecule has 2 fully saturated rings. The van der Waals surface area contributed by atoms with Gasteiger partial charge < -0.3 is 15.0 Å². The summed E-state index contributed by atoms with van der Waals surface area (Å²) in [5, 5.41) is 3.58. The predicted molar refractivity (Wildman–Crippen MR) is 105 cm³/mol. The van der Waals surface area contributed by atoms with Crippen LogP contribution in [0.2, 0.25) is 0 Å². The summed E-state index contributed by atoms with van der Waals surface area (Å²) in [6.07, 6.45) is 5.12. The van der Waals surface area contributed by atoms with E-state index in [-0.39, 0.29) is 24.0 Å². The highest BCUT2D eigenvalue weighted by atomic mass is 127. The van der Waals surface area contributed by atoms with Gasteiger partial charge >= 0.3 is 0 Å². The molecule has 5 heteroatoms. The predicted octanol–water partition coefficient (Wildman–Crippen LogP) is 3.27. The molecule has 0 radical (unpaired) electrons. The molecule has 1 saturated carbocycles. The highest BCUT2D eigenvalue weighted by Crippen LogP contribution is 2.21. The minimum atomic E-state index is 0. The summed E-state index contributed by atoms with van der Waals surface area (Å²) in [7, 11) is 1.89. The number of guanidine groups is 1. The standard InChI is InChI=1S/C18H27N3O.HI/c1-19-18(20-17-8-5-9-17)21-11-10-16(12-21)14-22-13-15-6-3-2-4-7-15;/h2-4,6-7,16-17H,5,8-14H2,1H3,(H,19,20);1H. The summed E-state index contributed by atoms with van der Waals surface area (Å²) >= 11 is 0. The molecule has 1 aromatic carbocycles. The van der Waals surface area contributed by atoms with E-state index in [4.69, 9.17) is 4.74 Å². The molecule has 3 rings (SSSR count). The van der Waals surface area contributed by atoms with Gasteiger partial charge in [-0.2, -0.15) is 0 Å². The summed E-state index contributed by atoms with van der Waals surface area (Å²) < 4.78 is 5.89. The quantitative estimate of drug-likeness (QED) is 0.444. The van der Waals surface area contributed by atoms with Crippen molar-refractivity contribution in [2.45, 2.75) is 38.3 Å². The summed E-state index contributed by atoms with van der Waals surface area (Å²) in [5.74, 6) is 1.69. The normalized spacial score (nSPS) is 21.7. The van der Waals surface area contributed by atoms with Crippen LogP contribution in [0.25, 0.3) is 0 Å². The third-order valence-electron chi connectivity index (χ3n) is 4.70. The highest BCUT2D eigenvalue weighted by Gasteiger charge is 2.27. The molecule has 1 saturated heterocycles. The molecule has 2 aliphatic rings. The van der Waals surface area contributed by atoms with Gasteiger partial charge in [-0.15, -0.1) is 24.0 Å². The van der Waals surface area contributed by atoms with Gasteiger partial charge in [0, 0.05) is 32.1 Å². The van der Waals surface area contributed by atoms with Crippen LogP contribution in [-0.2, 0) is 11.3 Å². The fourth-order valence-electron chi connectivity index (χ4n) is 3.11. The van der Waals surface area contributed by atoms with Gasteiger partial charge in [0.25, 0.3) is 0 Å². The zero-order valence-electron chi connectivity index (χ0n) is 13.9. The molecule has 0 spiro atoms. The van der Waals surface area contributed by atoms with E-state index in [1.807, 2.05) is 13.1 Å². The zero-order valence-corrected chi connectivity index (χ0v) is 16.2. The molecule has 1 aromatic rings. The lowest BCUT2D eigenvalue weighted by molar-refractivity contribution is 0.0906. The number of ether oxygens (including phenoxy) is 1. The van der Waals surface area contributed by atoms with Crippen LogP contribution in [0.15, 0.2) is 35.3 Å². The molecule has 128 valence electrons. The Morgan fingerprint density at radius 3 is 2.70 bits per heavy atom. The van der Waals surface area contributed by atoms with E-state index in [0.29, 0.717) is 18.6 Å². The lowest BCUT2D eigenvalue weighted by Crippen LogP contribution is -2.47. The number of nitrogens with one attached hydrogen (secondary N) is 1. The second kappa shape index (κ2) is 9.47. The maximum atomic E-state index is 5.89. The number of halogens is 1. The van der Waals surface area contributed by atoms with Crippen LogP contribution in [0.3, 0.4) is 0 Å². The zero-order chi connectivity index (χ0) is 15.2.